The van der Waals surface area contributed by atoms with Crippen LogP contribution in [0, 0.1) is 0 Å². The molecule has 1 amide bonds. The minimum Gasteiger partial charge on any atom is -0.494 e. The van der Waals surface area contributed by atoms with Gasteiger partial charge in [-0.15, -0.1) is 0 Å². The number of fused-ring (bicyclic) bond motifs is 1. The second kappa shape index (κ2) is 14.6. The van der Waals surface area contributed by atoms with Crippen molar-refractivity contribution in [2.75, 3.05) is 13.2 Å². The van der Waals surface area contributed by atoms with Gasteiger partial charge >= 0.3 is 5.97 Å². The van der Waals surface area contributed by atoms with Crippen LogP contribution in [0.2, 0.25) is 0 Å². The van der Waals surface area contributed by atoms with Crippen LogP contribution >= 0.6 is 31.9 Å². The lowest BCUT2D eigenvalue weighted by atomic mass is 9.99. The molecule has 0 aliphatic rings. The molecule has 1 heterocycles. The summed E-state index contributed by atoms with van der Waals surface area (Å²) in [6.07, 6.45) is 0.283. The Bertz CT molecular complexity index is 1780. The van der Waals surface area contributed by atoms with E-state index in [9.17, 15) is 9.59 Å². The normalized spacial score (nSPS) is 11.6. The maximum absolute atomic E-state index is 14.9. The molecule has 44 heavy (non-hydrogen) atoms. The molecular formula is C36H32Br2N2O4. The van der Waals surface area contributed by atoms with E-state index in [-0.39, 0.29) is 25.5 Å². The standard InChI is InChI=1S/C36H32Br2N2O4/c1-3-43-34-18-17-28(38)21-26(34)23-40(33(36(42)44-4-2)19-24-11-6-5-7-12-24)35(41)30-22-32(25-13-10-14-27(37)20-25)39-31-16-9-8-15-29(30)31/h5-18,20-22,33H,3-4,19,23H2,1-2H3. The Kier molecular flexibility index (Phi) is 10.5. The quantitative estimate of drug-likeness (QED) is 0.128. The number of hydrogen-bond acceptors (Lipinski definition) is 5. The molecule has 5 rings (SSSR count). The Morgan fingerprint density at radius 2 is 1.57 bits per heavy atom. The first-order valence-electron chi connectivity index (χ1n) is 14.5. The second-order valence-corrected chi connectivity index (χ2v) is 12.0. The molecule has 5 aromatic rings. The lowest BCUT2D eigenvalue weighted by molar-refractivity contribution is -0.148. The summed E-state index contributed by atoms with van der Waals surface area (Å²) >= 11 is 7.13. The summed E-state index contributed by atoms with van der Waals surface area (Å²) < 4.78 is 13.3. The predicted molar refractivity (Wildman–Crippen MR) is 181 cm³/mol. The molecule has 1 aromatic heterocycles. The number of rotatable bonds is 11. The SMILES string of the molecule is CCOC(=O)C(Cc1ccccc1)N(Cc1cc(Br)ccc1OCC)C(=O)c1cc(-c2cccc(Br)c2)nc2ccccc12. The molecule has 224 valence electrons. The Morgan fingerprint density at radius 1 is 0.818 bits per heavy atom. The number of carbonyl (C=O) groups excluding carboxylic acids is 2. The van der Waals surface area contributed by atoms with Gasteiger partial charge in [0.15, 0.2) is 0 Å². The third kappa shape index (κ3) is 7.37. The van der Waals surface area contributed by atoms with Gasteiger partial charge in [-0.05, 0) is 61.9 Å². The first-order chi connectivity index (χ1) is 21.4. The van der Waals surface area contributed by atoms with Crippen LogP contribution in [0.15, 0.2) is 112 Å². The van der Waals surface area contributed by atoms with Gasteiger partial charge in [-0.1, -0.05) is 92.5 Å². The summed E-state index contributed by atoms with van der Waals surface area (Å²) in [5.74, 6) is -0.135. The van der Waals surface area contributed by atoms with Crippen LogP contribution in [-0.2, 0) is 22.5 Å². The van der Waals surface area contributed by atoms with E-state index in [2.05, 4.69) is 31.9 Å². The van der Waals surface area contributed by atoms with E-state index in [1.54, 1.807) is 11.8 Å². The van der Waals surface area contributed by atoms with Crippen LogP contribution in [0.4, 0.5) is 0 Å². The number of aromatic nitrogens is 1. The van der Waals surface area contributed by atoms with E-state index in [4.69, 9.17) is 14.5 Å². The zero-order chi connectivity index (χ0) is 31.1. The van der Waals surface area contributed by atoms with Gasteiger partial charge in [-0.2, -0.15) is 0 Å². The zero-order valence-electron chi connectivity index (χ0n) is 24.5. The van der Waals surface area contributed by atoms with Crippen LogP contribution in [-0.4, -0.2) is 41.0 Å². The average Bonchev–Trinajstić information content (AvgIpc) is 3.03. The Labute approximate surface area is 274 Å². The number of pyridine rings is 1. The van der Waals surface area contributed by atoms with E-state index in [1.807, 2.05) is 110 Å². The summed E-state index contributed by atoms with van der Waals surface area (Å²) in [5, 5.41) is 0.697. The van der Waals surface area contributed by atoms with Crippen molar-refractivity contribution < 1.29 is 19.1 Å². The van der Waals surface area contributed by atoms with Crippen molar-refractivity contribution in [1.82, 2.24) is 9.88 Å². The number of hydrogen-bond donors (Lipinski definition) is 0. The van der Waals surface area contributed by atoms with Crippen molar-refractivity contribution in [2.45, 2.75) is 32.9 Å². The zero-order valence-corrected chi connectivity index (χ0v) is 27.7. The summed E-state index contributed by atoms with van der Waals surface area (Å²) in [6, 6.07) is 31.7. The third-order valence-corrected chi connectivity index (χ3v) is 8.18. The van der Waals surface area contributed by atoms with E-state index >= 15 is 0 Å². The lowest BCUT2D eigenvalue weighted by Crippen LogP contribution is -2.47. The summed E-state index contributed by atoms with van der Waals surface area (Å²) in [4.78, 5) is 35.1. The molecule has 0 radical (unpaired) electrons. The van der Waals surface area contributed by atoms with Crippen LogP contribution in [0.3, 0.4) is 0 Å². The largest absolute Gasteiger partial charge is 0.494 e. The average molecular weight is 716 g/mol. The number of nitrogens with zero attached hydrogens (tertiary/aromatic N) is 2. The van der Waals surface area contributed by atoms with Crippen LogP contribution in [0.5, 0.6) is 5.75 Å². The molecule has 0 saturated carbocycles. The number of halogens is 2. The minimum atomic E-state index is -0.903. The molecule has 0 spiro atoms. The van der Waals surface area contributed by atoms with Gasteiger partial charge in [0.2, 0.25) is 0 Å². The van der Waals surface area contributed by atoms with Crippen molar-refractivity contribution in [3.05, 3.63) is 129 Å². The molecule has 0 aliphatic carbocycles. The van der Waals surface area contributed by atoms with Crippen molar-refractivity contribution in [2.24, 2.45) is 0 Å². The van der Waals surface area contributed by atoms with Gasteiger partial charge in [0.05, 0.1) is 36.5 Å². The van der Waals surface area contributed by atoms with Crippen molar-refractivity contribution in [3.8, 4) is 17.0 Å². The fourth-order valence-electron chi connectivity index (χ4n) is 5.17. The van der Waals surface area contributed by atoms with Crippen molar-refractivity contribution in [3.63, 3.8) is 0 Å². The number of esters is 1. The van der Waals surface area contributed by atoms with Crippen LogP contribution < -0.4 is 4.74 Å². The molecule has 0 bridgehead atoms. The van der Waals surface area contributed by atoms with Gasteiger partial charge in [-0.3, -0.25) is 4.79 Å². The first-order valence-corrected chi connectivity index (χ1v) is 16.0. The lowest BCUT2D eigenvalue weighted by Gasteiger charge is -2.31. The van der Waals surface area contributed by atoms with Crippen LogP contribution in [0.1, 0.15) is 35.3 Å². The van der Waals surface area contributed by atoms with Crippen molar-refractivity contribution in [1.29, 1.82) is 0 Å². The highest BCUT2D eigenvalue weighted by Crippen LogP contribution is 2.31. The monoisotopic (exact) mass is 714 g/mol. The fourth-order valence-corrected chi connectivity index (χ4v) is 5.98. The van der Waals surface area contributed by atoms with E-state index in [0.29, 0.717) is 34.5 Å². The highest BCUT2D eigenvalue weighted by Gasteiger charge is 2.34. The highest BCUT2D eigenvalue weighted by atomic mass is 79.9. The Balaban J connectivity index is 1.69. The molecule has 0 saturated heterocycles. The van der Waals surface area contributed by atoms with Gasteiger partial charge in [-0.25, -0.2) is 9.78 Å². The van der Waals surface area contributed by atoms with E-state index in [0.717, 1.165) is 25.6 Å². The molecule has 0 N–H and O–H groups in total. The fraction of sp³-hybridized carbons (Fsp3) is 0.194. The van der Waals surface area contributed by atoms with Gasteiger partial charge in [0.1, 0.15) is 11.8 Å². The van der Waals surface area contributed by atoms with Gasteiger partial charge < -0.3 is 14.4 Å². The molecule has 6 nitrogen and oxygen atoms in total. The summed E-state index contributed by atoms with van der Waals surface area (Å²) in [7, 11) is 0. The Morgan fingerprint density at radius 3 is 2.32 bits per heavy atom. The van der Waals surface area contributed by atoms with E-state index in [1.165, 1.54) is 0 Å². The Hall–Kier alpha value is -4.01. The molecule has 4 aromatic carbocycles. The molecule has 1 atom stereocenters. The van der Waals surface area contributed by atoms with Crippen molar-refractivity contribution >= 4 is 54.6 Å². The smallest absolute Gasteiger partial charge is 0.329 e. The number of benzene rings is 4. The number of carbonyl (C=O) groups is 2. The summed E-state index contributed by atoms with van der Waals surface area (Å²) in [5.41, 5.74) is 4.33. The maximum Gasteiger partial charge on any atom is 0.329 e. The molecular weight excluding hydrogens is 684 g/mol. The molecule has 0 fully saturated rings. The maximum atomic E-state index is 14.9. The number of ether oxygens (including phenoxy) is 2. The predicted octanol–water partition coefficient (Wildman–Crippen LogP) is 8.64. The molecule has 8 heteroatoms. The first kappa shape index (κ1) is 31.4. The summed E-state index contributed by atoms with van der Waals surface area (Å²) in [6.45, 7) is 4.45. The van der Waals surface area contributed by atoms with E-state index < -0.39 is 12.0 Å². The van der Waals surface area contributed by atoms with Gasteiger partial charge in [0, 0.05) is 31.9 Å². The molecule has 1 unspecified atom stereocenters. The topological polar surface area (TPSA) is 68.7 Å². The minimum absolute atomic E-state index is 0.118. The third-order valence-electron chi connectivity index (χ3n) is 7.20. The molecule has 0 aliphatic heterocycles. The second-order valence-electron chi connectivity index (χ2n) is 10.2. The van der Waals surface area contributed by atoms with Gasteiger partial charge in [0.25, 0.3) is 5.91 Å². The number of para-hydroxylation sites is 1. The number of amides is 1. The van der Waals surface area contributed by atoms with Crippen LogP contribution in [0.25, 0.3) is 22.2 Å². The highest BCUT2D eigenvalue weighted by molar-refractivity contribution is 9.10.